The molecule has 7 heteroatoms. The van der Waals surface area contributed by atoms with Crippen molar-refractivity contribution < 1.29 is 14.3 Å². The Morgan fingerprint density at radius 1 is 1.23 bits per heavy atom. The molecule has 1 aromatic heterocycles. The Balaban J connectivity index is 1.46. The Morgan fingerprint density at radius 3 is 2.73 bits per heavy atom. The monoisotopic (exact) mass is 354 g/mol. The number of amides is 2. The summed E-state index contributed by atoms with van der Waals surface area (Å²) in [7, 11) is 0. The SMILES string of the molecule is CC(=O)N1CC(C(=O)N[C@H]2CCO[C@@H]2c2nccn2-c2ccccc2)C1. The van der Waals surface area contributed by atoms with Gasteiger partial charge in [-0.15, -0.1) is 0 Å². The second-order valence-corrected chi connectivity index (χ2v) is 6.81. The van der Waals surface area contributed by atoms with Crippen LogP contribution >= 0.6 is 0 Å². The van der Waals surface area contributed by atoms with Crippen LogP contribution < -0.4 is 5.32 Å². The number of para-hydroxylation sites is 1. The minimum atomic E-state index is -0.279. The quantitative estimate of drug-likeness (QED) is 0.898. The van der Waals surface area contributed by atoms with Crippen LogP contribution in [0.5, 0.6) is 0 Å². The van der Waals surface area contributed by atoms with Gasteiger partial charge in [-0.25, -0.2) is 4.98 Å². The molecule has 1 N–H and O–H groups in total. The highest BCUT2D eigenvalue weighted by atomic mass is 16.5. The van der Waals surface area contributed by atoms with Gasteiger partial charge >= 0.3 is 0 Å². The first-order chi connectivity index (χ1) is 12.6. The number of likely N-dealkylation sites (tertiary alicyclic amines) is 1. The van der Waals surface area contributed by atoms with E-state index < -0.39 is 0 Å². The normalized spacial score (nSPS) is 22.9. The lowest BCUT2D eigenvalue weighted by Gasteiger charge is -2.38. The zero-order chi connectivity index (χ0) is 18.1. The highest BCUT2D eigenvalue weighted by molar-refractivity contribution is 5.83. The molecule has 2 aromatic rings. The summed E-state index contributed by atoms with van der Waals surface area (Å²) in [5.41, 5.74) is 1.01. The van der Waals surface area contributed by atoms with Crippen molar-refractivity contribution in [2.75, 3.05) is 19.7 Å². The summed E-state index contributed by atoms with van der Waals surface area (Å²) in [5.74, 6) is 0.661. The van der Waals surface area contributed by atoms with Gasteiger partial charge in [-0.2, -0.15) is 0 Å². The molecule has 7 nitrogen and oxygen atoms in total. The number of hydrogen-bond donors (Lipinski definition) is 1. The van der Waals surface area contributed by atoms with Gasteiger partial charge in [-0.1, -0.05) is 18.2 Å². The van der Waals surface area contributed by atoms with Gasteiger partial charge in [0.1, 0.15) is 11.9 Å². The minimum absolute atomic E-state index is 0.0131. The molecule has 0 radical (unpaired) electrons. The molecule has 1 aromatic carbocycles. The van der Waals surface area contributed by atoms with Gasteiger partial charge in [0, 0.05) is 44.7 Å². The average Bonchev–Trinajstić information content (AvgIpc) is 3.22. The van der Waals surface area contributed by atoms with E-state index in [0.717, 1.165) is 17.9 Å². The number of carbonyl (C=O) groups excluding carboxylic acids is 2. The topological polar surface area (TPSA) is 76.5 Å². The second kappa shape index (κ2) is 6.92. The molecule has 2 aliphatic heterocycles. The Hall–Kier alpha value is -2.67. The Labute approximate surface area is 152 Å². The van der Waals surface area contributed by atoms with Crippen LogP contribution in [0.15, 0.2) is 42.7 Å². The van der Waals surface area contributed by atoms with E-state index in [2.05, 4.69) is 10.3 Å². The number of imidazole rings is 1. The highest BCUT2D eigenvalue weighted by Gasteiger charge is 2.39. The molecular formula is C19H22N4O3. The lowest BCUT2D eigenvalue weighted by Crippen LogP contribution is -2.56. The van der Waals surface area contributed by atoms with Crippen molar-refractivity contribution in [3.8, 4) is 5.69 Å². The van der Waals surface area contributed by atoms with E-state index in [9.17, 15) is 9.59 Å². The van der Waals surface area contributed by atoms with Crippen molar-refractivity contribution in [3.63, 3.8) is 0 Å². The van der Waals surface area contributed by atoms with Gasteiger partial charge in [-0.3, -0.25) is 9.59 Å². The molecule has 2 atom stereocenters. The number of rotatable bonds is 4. The van der Waals surface area contributed by atoms with Gasteiger partial charge in [0.05, 0.1) is 12.0 Å². The number of nitrogens with one attached hydrogen (secondary N) is 1. The molecule has 136 valence electrons. The lowest BCUT2D eigenvalue weighted by molar-refractivity contribution is -0.141. The Kier molecular flexibility index (Phi) is 4.46. The fourth-order valence-corrected chi connectivity index (χ4v) is 3.53. The molecule has 4 rings (SSSR count). The van der Waals surface area contributed by atoms with Crippen molar-refractivity contribution in [1.29, 1.82) is 0 Å². The Bertz CT molecular complexity index is 798. The molecule has 0 unspecified atom stereocenters. The summed E-state index contributed by atoms with van der Waals surface area (Å²) in [6.07, 6.45) is 4.13. The average molecular weight is 354 g/mol. The largest absolute Gasteiger partial charge is 0.368 e. The summed E-state index contributed by atoms with van der Waals surface area (Å²) in [6, 6.07) is 9.84. The summed E-state index contributed by atoms with van der Waals surface area (Å²) >= 11 is 0. The highest BCUT2D eigenvalue weighted by Crippen LogP contribution is 2.30. The number of carbonyl (C=O) groups is 2. The summed E-state index contributed by atoms with van der Waals surface area (Å²) < 4.78 is 7.90. The first kappa shape index (κ1) is 16.8. The molecule has 0 saturated carbocycles. The third-order valence-electron chi connectivity index (χ3n) is 5.08. The van der Waals surface area contributed by atoms with Crippen LogP contribution in [-0.4, -0.2) is 52.0 Å². The standard InChI is InChI=1S/C19H22N4O3/c1-13(24)22-11-14(12-22)19(25)21-16-7-10-26-17(16)18-20-8-9-23(18)15-5-3-2-4-6-15/h2-6,8-9,14,16-17H,7,10-12H2,1H3,(H,21,25)/t16-,17-/m0/s1. The van der Waals surface area contributed by atoms with E-state index in [0.29, 0.717) is 19.7 Å². The van der Waals surface area contributed by atoms with Crippen molar-refractivity contribution >= 4 is 11.8 Å². The summed E-state index contributed by atoms with van der Waals surface area (Å²) in [4.78, 5) is 29.9. The predicted octanol–water partition coefficient (Wildman–Crippen LogP) is 1.30. The van der Waals surface area contributed by atoms with Crippen LogP contribution in [0.2, 0.25) is 0 Å². The van der Waals surface area contributed by atoms with Crippen molar-refractivity contribution in [1.82, 2.24) is 19.8 Å². The van der Waals surface area contributed by atoms with Crippen LogP contribution in [0.1, 0.15) is 25.3 Å². The molecule has 2 fully saturated rings. The van der Waals surface area contributed by atoms with E-state index in [4.69, 9.17) is 4.74 Å². The van der Waals surface area contributed by atoms with Crippen molar-refractivity contribution in [3.05, 3.63) is 48.5 Å². The lowest BCUT2D eigenvalue weighted by atomic mass is 9.98. The molecule has 3 heterocycles. The fraction of sp³-hybridized carbons (Fsp3) is 0.421. The predicted molar refractivity (Wildman–Crippen MR) is 94.5 cm³/mol. The van der Waals surface area contributed by atoms with Crippen LogP contribution in [0, 0.1) is 5.92 Å². The van der Waals surface area contributed by atoms with E-state index in [1.807, 2.05) is 41.1 Å². The number of aromatic nitrogens is 2. The van der Waals surface area contributed by atoms with Gasteiger partial charge < -0.3 is 19.5 Å². The first-order valence-electron chi connectivity index (χ1n) is 8.89. The molecule has 2 amide bonds. The zero-order valence-electron chi connectivity index (χ0n) is 14.7. The van der Waals surface area contributed by atoms with Gasteiger partial charge in [0.2, 0.25) is 11.8 Å². The summed E-state index contributed by atoms with van der Waals surface area (Å²) in [6.45, 7) is 3.11. The number of benzene rings is 1. The van der Waals surface area contributed by atoms with Crippen LogP contribution in [0.25, 0.3) is 5.69 Å². The fourth-order valence-electron chi connectivity index (χ4n) is 3.53. The van der Waals surface area contributed by atoms with Crippen molar-refractivity contribution in [2.24, 2.45) is 5.92 Å². The number of hydrogen-bond acceptors (Lipinski definition) is 4. The first-order valence-corrected chi connectivity index (χ1v) is 8.89. The maximum absolute atomic E-state index is 12.5. The minimum Gasteiger partial charge on any atom is -0.368 e. The van der Waals surface area contributed by atoms with Gasteiger partial charge in [0.15, 0.2) is 0 Å². The number of nitrogens with zero attached hydrogens (tertiary/aromatic N) is 3. The maximum atomic E-state index is 12.5. The third-order valence-corrected chi connectivity index (χ3v) is 5.08. The van der Waals surface area contributed by atoms with Gasteiger partial charge in [-0.05, 0) is 18.6 Å². The van der Waals surface area contributed by atoms with Crippen LogP contribution in [0.3, 0.4) is 0 Å². The molecule has 2 saturated heterocycles. The van der Waals surface area contributed by atoms with E-state index in [-0.39, 0.29) is 29.9 Å². The van der Waals surface area contributed by atoms with Gasteiger partial charge in [0.25, 0.3) is 0 Å². The molecule has 26 heavy (non-hydrogen) atoms. The second-order valence-electron chi connectivity index (χ2n) is 6.81. The molecule has 0 aliphatic carbocycles. The van der Waals surface area contributed by atoms with E-state index in [1.54, 1.807) is 11.1 Å². The summed E-state index contributed by atoms with van der Waals surface area (Å²) in [5, 5.41) is 3.10. The molecule has 0 bridgehead atoms. The van der Waals surface area contributed by atoms with Crippen LogP contribution in [0.4, 0.5) is 0 Å². The zero-order valence-corrected chi connectivity index (χ0v) is 14.7. The van der Waals surface area contributed by atoms with E-state index in [1.165, 1.54) is 6.92 Å². The number of ether oxygens (including phenoxy) is 1. The molecule has 2 aliphatic rings. The third kappa shape index (κ3) is 3.10. The molecular weight excluding hydrogens is 332 g/mol. The maximum Gasteiger partial charge on any atom is 0.227 e. The van der Waals surface area contributed by atoms with E-state index >= 15 is 0 Å². The smallest absolute Gasteiger partial charge is 0.227 e. The van der Waals surface area contributed by atoms with Crippen molar-refractivity contribution in [2.45, 2.75) is 25.5 Å². The Morgan fingerprint density at radius 2 is 2.00 bits per heavy atom. The molecule has 0 spiro atoms. The van der Waals surface area contributed by atoms with Crippen LogP contribution in [-0.2, 0) is 14.3 Å².